The number of amides is 1. The van der Waals surface area contributed by atoms with Gasteiger partial charge < -0.3 is 14.8 Å². The Kier molecular flexibility index (Phi) is 4.57. The number of carbonyl (C=O) groups excluding carboxylic acids is 1. The highest BCUT2D eigenvalue weighted by Crippen LogP contribution is 2.34. The van der Waals surface area contributed by atoms with E-state index in [-0.39, 0.29) is 5.91 Å². The number of hydrogen-bond donors (Lipinski definition) is 1. The molecule has 2 rings (SSSR count). The molecule has 20 heavy (non-hydrogen) atoms. The average Bonchev–Trinajstić information content (AvgIpc) is 2.94. The minimum Gasteiger partial charge on any atom is -0.497 e. The Bertz CT molecular complexity index is 610. The summed E-state index contributed by atoms with van der Waals surface area (Å²) < 4.78 is 10.5. The molecule has 0 aliphatic carbocycles. The van der Waals surface area contributed by atoms with Crippen LogP contribution in [0.3, 0.4) is 0 Å². The fraction of sp³-hybridized carbons (Fsp3) is 0.286. The van der Waals surface area contributed by atoms with Gasteiger partial charge in [-0.05, 0) is 18.2 Å². The molecule has 1 amide bonds. The third-order valence-electron chi connectivity index (χ3n) is 2.75. The first-order chi connectivity index (χ1) is 9.67. The molecule has 0 fully saturated rings. The molecule has 1 aromatic heterocycles. The van der Waals surface area contributed by atoms with Gasteiger partial charge in [-0.2, -0.15) is 0 Å². The number of thiazole rings is 1. The molecule has 1 N–H and O–H groups in total. The number of benzene rings is 1. The summed E-state index contributed by atoms with van der Waals surface area (Å²) in [4.78, 5) is 15.8. The van der Waals surface area contributed by atoms with E-state index in [0.717, 1.165) is 17.0 Å². The number of methoxy groups -OCH3 is 2. The highest BCUT2D eigenvalue weighted by atomic mass is 32.1. The summed E-state index contributed by atoms with van der Waals surface area (Å²) in [7, 11) is 3.22. The van der Waals surface area contributed by atoms with Crippen LogP contribution in [0.2, 0.25) is 0 Å². The van der Waals surface area contributed by atoms with E-state index in [1.54, 1.807) is 21.1 Å². The SMILES string of the molecule is CCC(=O)Nc1nc(-c2cc(OC)ccc2OC)cs1. The number of nitrogens with one attached hydrogen (secondary N) is 1. The van der Waals surface area contributed by atoms with E-state index in [1.807, 2.05) is 23.6 Å². The van der Waals surface area contributed by atoms with Gasteiger partial charge >= 0.3 is 0 Å². The van der Waals surface area contributed by atoms with E-state index < -0.39 is 0 Å². The maximum atomic E-state index is 11.4. The van der Waals surface area contributed by atoms with E-state index >= 15 is 0 Å². The van der Waals surface area contributed by atoms with Gasteiger partial charge in [0.1, 0.15) is 11.5 Å². The lowest BCUT2D eigenvalue weighted by atomic mass is 10.1. The number of anilines is 1. The molecular formula is C14H16N2O3S. The monoisotopic (exact) mass is 292 g/mol. The minimum absolute atomic E-state index is 0.0523. The lowest BCUT2D eigenvalue weighted by molar-refractivity contribution is -0.115. The third-order valence-corrected chi connectivity index (χ3v) is 3.51. The molecule has 0 unspecified atom stereocenters. The van der Waals surface area contributed by atoms with Crippen LogP contribution in [0.15, 0.2) is 23.6 Å². The molecule has 0 atom stereocenters. The van der Waals surface area contributed by atoms with E-state index in [1.165, 1.54) is 11.3 Å². The molecule has 1 aromatic carbocycles. The molecule has 0 radical (unpaired) electrons. The Balaban J connectivity index is 2.33. The van der Waals surface area contributed by atoms with Gasteiger partial charge in [-0.1, -0.05) is 6.92 Å². The number of aromatic nitrogens is 1. The molecule has 0 aliphatic heterocycles. The van der Waals surface area contributed by atoms with Crippen molar-refractivity contribution in [2.24, 2.45) is 0 Å². The Morgan fingerprint density at radius 1 is 1.35 bits per heavy atom. The molecule has 1 heterocycles. The van der Waals surface area contributed by atoms with Gasteiger partial charge in [0.15, 0.2) is 5.13 Å². The van der Waals surface area contributed by atoms with Gasteiger partial charge in [-0.25, -0.2) is 4.98 Å². The Morgan fingerprint density at radius 2 is 2.15 bits per heavy atom. The quantitative estimate of drug-likeness (QED) is 0.919. The molecular weight excluding hydrogens is 276 g/mol. The average molecular weight is 292 g/mol. The fourth-order valence-corrected chi connectivity index (χ4v) is 2.40. The molecule has 0 aliphatic rings. The summed E-state index contributed by atoms with van der Waals surface area (Å²) in [5.74, 6) is 1.39. The van der Waals surface area contributed by atoms with Crippen molar-refractivity contribution in [1.29, 1.82) is 0 Å². The smallest absolute Gasteiger partial charge is 0.225 e. The van der Waals surface area contributed by atoms with Gasteiger partial charge in [-0.3, -0.25) is 4.79 Å². The summed E-state index contributed by atoms with van der Waals surface area (Å²) in [6.07, 6.45) is 0.428. The van der Waals surface area contributed by atoms with Crippen molar-refractivity contribution in [3.05, 3.63) is 23.6 Å². The van der Waals surface area contributed by atoms with Gasteiger partial charge in [0.25, 0.3) is 0 Å². The van der Waals surface area contributed by atoms with Crippen molar-refractivity contribution in [2.75, 3.05) is 19.5 Å². The van der Waals surface area contributed by atoms with Gasteiger partial charge in [0.05, 0.1) is 19.9 Å². The summed E-state index contributed by atoms with van der Waals surface area (Å²) in [5, 5.41) is 5.20. The van der Waals surface area contributed by atoms with E-state index in [0.29, 0.717) is 17.3 Å². The van der Waals surface area contributed by atoms with Crippen LogP contribution in [-0.2, 0) is 4.79 Å². The topological polar surface area (TPSA) is 60.5 Å². The van der Waals surface area contributed by atoms with Crippen LogP contribution in [0.4, 0.5) is 5.13 Å². The number of carbonyl (C=O) groups is 1. The van der Waals surface area contributed by atoms with Crippen LogP contribution in [0, 0.1) is 0 Å². The van der Waals surface area contributed by atoms with Crippen molar-refractivity contribution in [2.45, 2.75) is 13.3 Å². The molecule has 106 valence electrons. The standard InChI is InChI=1S/C14H16N2O3S/c1-4-13(17)16-14-15-11(8-20-14)10-7-9(18-2)5-6-12(10)19-3/h5-8H,4H2,1-3H3,(H,15,16,17). The maximum Gasteiger partial charge on any atom is 0.225 e. The zero-order valence-electron chi connectivity index (χ0n) is 11.6. The molecule has 6 heteroatoms. The molecule has 0 saturated carbocycles. The lowest BCUT2D eigenvalue weighted by Crippen LogP contribution is -2.08. The first-order valence-electron chi connectivity index (χ1n) is 6.15. The number of nitrogens with zero attached hydrogens (tertiary/aromatic N) is 1. The highest BCUT2D eigenvalue weighted by Gasteiger charge is 2.12. The van der Waals surface area contributed by atoms with Gasteiger partial charge in [-0.15, -0.1) is 11.3 Å². The molecule has 0 bridgehead atoms. The molecule has 5 nitrogen and oxygen atoms in total. The highest BCUT2D eigenvalue weighted by molar-refractivity contribution is 7.14. The van der Waals surface area contributed by atoms with Crippen LogP contribution in [0.5, 0.6) is 11.5 Å². The van der Waals surface area contributed by atoms with Gasteiger partial charge in [0, 0.05) is 17.4 Å². The van der Waals surface area contributed by atoms with Crippen LogP contribution in [0.1, 0.15) is 13.3 Å². The van der Waals surface area contributed by atoms with Crippen molar-refractivity contribution >= 4 is 22.4 Å². The number of rotatable bonds is 5. The first-order valence-corrected chi connectivity index (χ1v) is 7.03. The summed E-state index contributed by atoms with van der Waals surface area (Å²) in [6, 6.07) is 5.52. The van der Waals surface area contributed by atoms with Crippen LogP contribution in [-0.4, -0.2) is 25.1 Å². The van der Waals surface area contributed by atoms with Crippen molar-refractivity contribution in [3.63, 3.8) is 0 Å². The largest absolute Gasteiger partial charge is 0.497 e. The second-order valence-corrected chi connectivity index (χ2v) is 4.86. The predicted molar refractivity (Wildman–Crippen MR) is 79.6 cm³/mol. The lowest BCUT2D eigenvalue weighted by Gasteiger charge is -2.08. The predicted octanol–water partition coefficient (Wildman–Crippen LogP) is 3.18. The van der Waals surface area contributed by atoms with Crippen LogP contribution >= 0.6 is 11.3 Å². The van der Waals surface area contributed by atoms with Crippen LogP contribution < -0.4 is 14.8 Å². The zero-order chi connectivity index (χ0) is 14.5. The van der Waals surface area contributed by atoms with Crippen molar-refractivity contribution in [1.82, 2.24) is 4.98 Å². The summed E-state index contributed by atoms with van der Waals surface area (Å²) in [6.45, 7) is 1.80. The van der Waals surface area contributed by atoms with Gasteiger partial charge in [0.2, 0.25) is 5.91 Å². The van der Waals surface area contributed by atoms with Crippen LogP contribution in [0.25, 0.3) is 11.3 Å². The van der Waals surface area contributed by atoms with E-state index in [9.17, 15) is 4.79 Å². The Hall–Kier alpha value is -2.08. The fourth-order valence-electron chi connectivity index (χ4n) is 1.68. The summed E-state index contributed by atoms with van der Waals surface area (Å²) >= 11 is 1.38. The Morgan fingerprint density at radius 3 is 2.80 bits per heavy atom. The van der Waals surface area contributed by atoms with E-state index in [2.05, 4.69) is 10.3 Å². The minimum atomic E-state index is -0.0523. The van der Waals surface area contributed by atoms with Crippen molar-refractivity contribution < 1.29 is 14.3 Å². The van der Waals surface area contributed by atoms with E-state index in [4.69, 9.17) is 9.47 Å². The zero-order valence-corrected chi connectivity index (χ0v) is 12.4. The molecule has 2 aromatic rings. The van der Waals surface area contributed by atoms with Crippen molar-refractivity contribution in [3.8, 4) is 22.8 Å². The second kappa shape index (κ2) is 6.38. The normalized spacial score (nSPS) is 10.2. The Labute approximate surface area is 121 Å². The summed E-state index contributed by atoms with van der Waals surface area (Å²) in [5.41, 5.74) is 1.58. The third kappa shape index (κ3) is 3.08. The molecule has 0 spiro atoms. The first kappa shape index (κ1) is 14.3. The number of hydrogen-bond acceptors (Lipinski definition) is 5. The maximum absolute atomic E-state index is 11.4. The molecule has 0 saturated heterocycles. The second-order valence-electron chi connectivity index (χ2n) is 4.01. The number of ether oxygens (including phenoxy) is 2.